The van der Waals surface area contributed by atoms with E-state index < -0.39 is 0 Å². The Bertz CT molecular complexity index is 425. The van der Waals surface area contributed by atoms with Gasteiger partial charge in [-0.3, -0.25) is 11.3 Å². The Balaban J connectivity index is 2.38. The Kier molecular flexibility index (Phi) is 5.13. The highest BCUT2D eigenvalue weighted by Gasteiger charge is 2.41. The Labute approximate surface area is 121 Å². The standard InChI is InChI=1S/C16H26FN3/c1-20(2)16(10-5-3-4-6-11-16)15(19-18)13-8-7-9-14(17)12-13/h7-9,12,15,19H,3-6,10-11,18H2,1-2H3. The van der Waals surface area contributed by atoms with Crippen LogP contribution in [0.5, 0.6) is 0 Å². The molecule has 0 saturated heterocycles. The molecule has 1 aliphatic rings. The van der Waals surface area contributed by atoms with Crippen LogP contribution in [0.25, 0.3) is 0 Å². The van der Waals surface area contributed by atoms with Crippen LogP contribution in [0.2, 0.25) is 0 Å². The number of likely N-dealkylation sites (N-methyl/N-ethyl adjacent to an activating group) is 1. The first kappa shape index (κ1) is 15.4. The van der Waals surface area contributed by atoms with Gasteiger partial charge in [0.2, 0.25) is 0 Å². The van der Waals surface area contributed by atoms with E-state index in [9.17, 15) is 4.39 Å². The van der Waals surface area contributed by atoms with Crippen molar-refractivity contribution in [3.05, 3.63) is 35.6 Å². The van der Waals surface area contributed by atoms with Gasteiger partial charge in [-0.05, 0) is 44.6 Å². The molecule has 1 unspecified atom stereocenters. The third kappa shape index (κ3) is 3.03. The highest BCUT2D eigenvalue weighted by molar-refractivity contribution is 5.24. The number of benzene rings is 1. The monoisotopic (exact) mass is 279 g/mol. The number of nitrogens with zero attached hydrogens (tertiary/aromatic N) is 1. The summed E-state index contributed by atoms with van der Waals surface area (Å²) in [7, 11) is 4.21. The molecule has 0 spiro atoms. The van der Waals surface area contributed by atoms with Gasteiger partial charge >= 0.3 is 0 Å². The van der Waals surface area contributed by atoms with Gasteiger partial charge in [-0.1, -0.05) is 37.8 Å². The van der Waals surface area contributed by atoms with Gasteiger partial charge < -0.3 is 4.90 Å². The summed E-state index contributed by atoms with van der Waals surface area (Å²) in [5.74, 6) is 5.66. The summed E-state index contributed by atoms with van der Waals surface area (Å²) in [4.78, 5) is 2.27. The van der Waals surface area contributed by atoms with Gasteiger partial charge in [-0.15, -0.1) is 0 Å². The van der Waals surface area contributed by atoms with E-state index in [2.05, 4.69) is 24.4 Å². The molecule has 0 amide bonds. The van der Waals surface area contributed by atoms with Gasteiger partial charge in [0, 0.05) is 5.54 Å². The van der Waals surface area contributed by atoms with Gasteiger partial charge in [0.25, 0.3) is 0 Å². The third-order valence-corrected chi connectivity index (χ3v) is 4.75. The van der Waals surface area contributed by atoms with Gasteiger partial charge in [-0.2, -0.15) is 0 Å². The predicted molar refractivity (Wildman–Crippen MR) is 80.6 cm³/mol. The third-order valence-electron chi connectivity index (χ3n) is 4.75. The van der Waals surface area contributed by atoms with E-state index in [1.54, 1.807) is 12.1 Å². The van der Waals surface area contributed by atoms with E-state index in [0.29, 0.717) is 0 Å². The lowest BCUT2D eigenvalue weighted by molar-refractivity contribution is 0.0799. The first-order valence-electron chi connectivity index (χ1n) is 7.49. The highest BCUT2D eigenvalue weighted by Crippen LogP contribution is 2.40. The van der Waals surface area contributed by atoms with Crippen LogP contribution in [0.4, 0.5) is 4.39 Å². The minimum atomic E-state index is -0.203. The molecule has 4 heteroatoms. The predicted octanol–water partition coefficient (Wildman–Crippen LogP) is 2.98. The first-order chi connectivity index (χ1) is 9.60. The van der Waals surface area contributed by atoms with Crippen molar-refractivity contribution < 1.29 is 4.39 Å². The number of hydrogen-bond donors (Lipinski definition) is 2. The molecule has 3 N–H and O–H groups in total. The highest BCUT2D eigenvalue weighted by atomic mass is 19.1. The van der Waals surface area contributed by atoms with Crippen molar-refractivity contribution in [3.63, 3.8) is 0 Å². The number of nitrogens with two attached hydrogens (primary N) is 1. The lowest BCUT2D eigenvalue weighted by atomic mass is 9.78. The zero-order chi connectivity index (χ0) is 14.6. The van der Waals surface area contributed by atoms with E-state index in [1.807, 2.05) is 6.07 Å². The fourth-order valence-electron chi connectivity index (χ4n) is 3.58. The number of halogens is 1. The van der Waals surface area contributed by atoms with E-state index in [1.165, 1.54) is 31.7 Å². The van der Waals surface area contributed by atoms with Crippen LogP contribution in [0.1, 0.15) is 50.1 Å². The summed E-state index contributed by atoms with van der Waals surface area (Å²) in [5, 5.41) is 0. The molecular formula is C16H26FN3. The number of hydrazine groups is 1. The topological polar surface area (TPSA) is 41.3 Å². The second-order valence-electron chi connectivity index (χ2n) is 6.07. The minimum Gasteiger partial charge on any atom is -0.302 e. The summed E-state index contributed by atoms with van der Waals surface area (Å²) >= 11 is 0. The van der Waals surface area contributed by atoms with Crippen LogP contribution in [-0.4, -0.2) is 24.5 Å². The Morgan fingerprint density at radius 1 is 1.20 bits per heavy atom. The molecule has 1 aromatic rings. The summed E-state index contributed by atoms with van der Waals surface area (Å²) in [6, 6.07) is 6.75. The molecule has 3 nitrogen and oxygen atoms in total. The number of nitrogens with one attached hydrogen (secondary N) is 1. The molecule has 20 heavy (non-hydrogen) atoms. The fraction of sp³-hybridized carbons (Fsp3) is 0.625. The van der Waals surface area contributed by atoms with Crippen molar-refractivity contribution in [1.29, 1.82) is 0 Å². The maximum absolute atomic E-state index is 13.6. The average molecular weight is 279 g/mol. The summed E-state index contributed by atoms with van der Waals surface area (Å²) in [6.45, 7) is 0. The molecule has 0 aliphatic heterocycles. The van der Waals surface area contributed by atoms with Crippen LogP contribution in [0.3, 0.4) is 0 Å². The quantitative estimate of drug-likeness (QED) is 0.506. The SMILES string of the molecule is CN(C)C1(C(NN)c2cccc(F)c2)CCCCCC1. The van der Waals surface area contributed by atoms with Crippen LogP contribution in [0, 0.1) is 5.82 Å². The van der Waals surface area contributed by atoms with Gasteiger partial charge in [-0.25, -0.2) is 4.39 Å². The van der Waals surface area contributed by atoms with Crippen LogP contribution in [-0.2, 0) is 0 Å². The van der Waals surface area contributed by atoms with Gasteiger partial charge in [0.15, 0.2) is 0 Å². The molecule has 0 bridgehead atoms. The summed E-state index contributed by atoms with van der Waals surface area (Å²) in [6.07, 6.45) is 7.13. The molecular weight excluding hydrogens is 253 g/mol. The second kappa shape index (κ2) is 6.66. The van der Waals surface area contributed by atoms with Crippen LogP contribution < -0.4 is 11.3 Å². The smallest absolute Gasteiger partial charge is 0.123 e. The zero-order valence-electron chi connectivity index (χ0n) is 12.5. The molecule has 1 saturated carbocycles. The molecule has 112 valence electrons. The molecule has 0 heterocycles. The molecule has 0 radical (unpaired) electrons. The van der Waals surface area contributed by atoms with Crippen LogP contribution in [0.15, 0.2) is 24.3 Å². The van der Waals surface area contributed by atoms with Crippen molar-refractivity contribution in [2.24, 2.45) is 5.84 Å². The lowest BCUT2D eigenvalue weighted by Crippen LogP contribution is -2.55. The van der Waals surface area contributed by atoms with Crippen LogP contribution >= 0.6 is 0 Å². The van der Waals surface area contributed by atoms with E-state index in [-0.39, 0.29) is 17.4 Å². The maximum Gasteiger partial charge on any atom is 0.123 e. The maximum atomic E-state index is 13.6. The molecule has 0 aromatic heterocycles. The van der Waals surface area contributed by atoms with Crippen molar-refractivity contribution in [1.82, 2.24) is 10.3 Å². The number of rotatable bonds is 4. The van der Waals surface area contributed by atoms with Gasteiger partial charge in [0.05, 0.1) is 6.04 Å². The van der Waals surface area contributed by atoms with E-state index >= 15 is 0 Å². The Hall–Kier alpha value is -0.970. The largest absolute Gasteiger partial charge is 0.302 e. The Morgan fingerprint density at radius 3 is 2.35 bits per heavy atom. The van der Waals surface area contributed by atoms with Crippen molar-refractivity contribution in [2.75, 3.05) is 14.1 Å². The average Bonchev–Trinajstić information content (AvgIpc) is 2.67. The summed E-state index contributed by atoms with van der Waals surface area (Å²) in [5.41, 5.74) is 3.85. The van der Waals surface area contributed by atoms with Crippen molar-refractivity contribution >= 4 is 0 Å². The lowest BCUT2D eigenvalue weighted by Gasteiger charge is -2.45. The molecule has 1 aliphatic carbocycles. The van der Waals surface area contributed by atoms with E-state index in [4.69, 9.17) is 5.84 Å². The van der Waals surface area contributed by atoms with E-state index in [0.717, 1.165) is 18.4 Å². The molecule has 1 fully saturated rings. The zero-order valence-corrected chi connectivity index (χ0v) is 12.5. The normalized spacial score (nSPS) is 20.6. The molecule has 2 rings (SSSR count). The second-order valence-corrected chi connectivity index (χ2v) is 6.07. The number of hydrogen-bond acceptors (Lipinski definition) is 3. The molecule has 1 aromatic carbocycles. The minimum absolute atomic E-state index is 0.0426. The Morgan fingerprint density at radius 2 is 1.85 bits per heavy atom. The summed E-state index contributed by atoms with van der Waals surface area (Å²) < 4.78 is 13.6. The first-order valence-corrected chi connectivity index (χ1v) is 7.49. The fourth-order valence-corrected chi connectivity index (χ4v) is 3.58. The van der Waals surface area contributed by atoms with Crippen molar-refractivity contribution in [3.8, 4) is 0 Å². The van der Waals surface area contributed by atoms with Gasteiger partial charge in [0.1, 0.15) is 5.82 Å². The van der Waals surface area contributed by atoms with Crippen molar-refractivity contribution in [2.45, 2.75) is 50.1 Å². The molecule has 1 atom stereocenters.